The molecule has 1 aliphatic heterocycles. The summed E-state index contributed by atoms with van der Waals surface area (Å²) in [4.78, 5) is 18.2. The lowest BCUT2D eigenvalue weighted by atomic mass is 10.1. The Morgan fingerprint density at radius 2 is 2.26 bits per heavy atom. The van der Waals surface area contributed by atoms with Crippen LogP contribution in [0.2, 0.25) is 5.02 Å². The molecule has 19 heavy (non-hydrogen) atoms. The summed E-state index contributed by atoms with van der Waals surface area (Å²) in [6.45, 7) is 4.40. The maximum atomic E-state index is 12.1. The van der Waals surface area contributed by atoms with E-state index in [1.54, 1.807) is 17.2 Å². The van der Waals surface area contributed by atoms with Gasteiger partial charge in [0.15, 0.2) is 0 Å². The van der Waals surface area contributed by atoms with E-state index >= 15 is 0 Å². The quantitative estimate of drug-likeness (QED) is 0.785. The predicted octanol–water partition coefficient (Wildman–Crippen LogP) is 3.43. The van der Waals surface area contributed by atoms with Crippen molar-refractivity contribution in [3.63, 3.8) is 0 Å². The average Bonchev–Trinajstić information content (AvgIpc) is 2.80. The van der Waals surface area contributed by atoms with Crippen LogP contribution in [0.3, 0.4) is 0 Å². The Bertz CT molecular complexity index is 668. The van der Waals surface area contributed by atoms with Gasteiger partial charge in [0, 0.05) is 30.5 Å². The van der Waals surface area contributed by atoms with Gasteiger partial charge in [0.25, 0.3) is 0 Å². The number of rotatable bonds is 2. The Balaban J connectivity index is 2.17. The fourth-order valence-electron chi connectivity index (χ4n) is 2.49. The largest absolute Gasteiger partial charge is 0.310 e. The van der Waals surface area contributed by atoms with Gasteiger partial charge in [0.2, 0.25) is 5.91 Å². The number of nitrogens with zero attached hydrogens (tertiary/aromatic N) is 2. The number of benzene rings is 1. The number of pyridine rings is 1. The molecule has 96 valence electrons. The van der Waals surface area contributed by atoms with Gasteiger partial charge in [-0.15, -0.1) is 6.58 Å². The lowest BCUT2D eigenvalue weighted by Gasteiger charge is -2.19. The van der Waals surface area contributed by atoms with Crippen LogP contribution < -0.4 is 4.90 Å². The molecule has 3 nitrogen and oxygen atoms in total. The van der Waals surface area contributed by atoms with Gasteiger partial charge in [-0.3, -0.25) is 9.78 Å². The van der Waals surface area contributed by atoms with E-state index in [0.29, 0.717) is 18.0 Å². The van der Waals surface area contributed by atoms with Gasteiger partial charge in [-0.1, -0.05) is 17.7 Å². The SMILES string of the molecule is C=CC1CC(=O)N(c2c(Cl)ccc3ncccc23)C1. The van der Waals surface area contributed by atoms with E-state index < -0.39 is 0 Å². The highest BCUT2D eigenvalue weighted by molar-refractivity contribution is 6.35. The first-order valence-corrected chi connectivity index (χ1v) is 6.54. The van der Waals surface area contributed by atoms with Crippen molar-refractivity contribution in [1.29, 1.82) is 0 Å². The maximum absolute atomic E-state index is 12.1. The normalized spacial score (nSPS) is 19.1. The van der Waals surface area contributed by atoms with E-state index in [9.17, 15) is 4.79 Å². The van der Waals surface area contributed by atoms with Crippen LogP contribution in [0.4, 0.5) is 5.69 Å². The molecule has 0 saturated carbocycles. The first-order valence-electron chi connectivity index (χ1n) is 6.17. The third-order valence-corrected chi connectivity index (χ3v) is 3.77. The Labute approximate surface area is 116 Å². The molecule has 1 fully saturated rings. The topological polar surface area (TPSA) is 33.2 Å². The van der Waals surface area contributed by atoms with Crippen molar-refractivity contribution in [2.75, 3.05) is 11.4 Å². The van der Waals surface area contributed by atoms with E-state index in [0.717, 1.165) is 16.6 Å². The van der Waals surface area contributed by atoms with E-state index in [4.69, 9.17) is 11.6 Å². The minimum Gasteiger partial charge on any atom is -0.310 e. The molecule has 4 heteroatoms. The minimum absolute atomic E-state index is 0.0863. The van der Waals surface area contributed by atoms with Crippen LogP contribution in [-0.4, -0.2) is 17.4 Å². The zero-order chi connectivity index (χ0) is 13.4. The van der Waals surface area contributed by atoms with Crippen molar-refractivity contribution in [3.8, 4) is 0 Å². The fraction of sp³-hybridized carbons (Fsp3) is 0.200. The summed E-state index contributed by atoms with van der Waals surface area (Å²) in [5.41, 5.74) is 1.61. The number of carbonyl (C=O) groups excluding carboxylic acids is 1. The van der Waals surface area contributed by atoms with E-state index in [2.05, 4.69) is 11.6 Å². The maximum Gasteiger partial charge on any atom is 0.227 e. The standard InChI is InChI=1S/C15H13ClN2O/c1-2-10-8-14(19)18(9-10)15-11-4-3-7-17-13(11)6-5-12(15)16/h2-7,10H,1,8-9H2. The second-order valence-electron chi connectivity index (χ2n) is 4.67. The third kappa shape index (κ3) is 2.00. The number of amides is 1. The van der Waals surface area contributed by atoms with Crippen LogP contribution in [0.5, 0.6) is 0 Å². The van der Waals surface area contributed by atoms with Crippen LogP contribution in [0.15, 0.2) is 43.1 Å². The molecule has 1 amide bonds. The lowest BCUT2D eigenvalue weighted by Crippen LogP contribution is -2.25. The summed E-state index contributed by atoms with van der Waals surface area (Å²) in [5.74, 6) is 0.277. The monoisotopic (exact) mass is 272 g/mol. The average molecular weight is 273 g/mol. The van der Waals surface area contributed by atoms with Crippen LogP contribution in [-0.2, 0) is 4.79 Å². The van der Waals surface area contributed by atoms with E-state index in [-0.39, 0.29) is 11.8 Å². The summed E-state index contributed by atoms with van der Waals surface area (Å²) in [5, 5.41) is 1.49. The van der Waals surface area contributed by atoms with Crippen molar-refractivity contribution < 1.29 is 4.79 Å². The van der Waals surface area contributed by atoms with Crippen LogP contribution in [0.1, 0.15) is 6.42 Å². The Kier molecular flexibility index (Phi) is 2.99. The molecule has 1 unspecified atom stereocenters. The Hall–Kier alpha value is -1.87. The van der Waals surface area contributed by atoms with Crippen molar-refractivity contribution in [2.45, 2.75) is 6.42 Å². The minimum atomic E-state index is 0.0863. The fourth-order valence-corrected chi connectivity index (χ4v) is 2.76. The van der Waals surface area contributed by atoms with Crippen molar-refractivity contribution in [1.82, 2.24) is 4.98 Å². The summed E-state index contributed by atoms with van der Waals surface area (Å²) < 4.78 is 0. The highest BCUT2D eigenvalue weighted by Gasteiger charge is 2.31. The first-order chi connectivity index (χ1) is 9.20. The molecule has 0 spiro atoms. The molecule has 2 heterocycles. The molecule has 0 aliphatic carbocycles. The summed E-state index contributed by atoms with van der Waals surface area (Å²) >= 11 is 6.29. The van der Waals surface area contributed by atoms with Crippen molar-refractivity contribution in [3.05, 3.63) is 48.1 Å². The van der Waals surface area contributed by atoms with Gasteiger partial charge in [-0.2, -0.15) is 0 Å². The molecular weight excluding hydrogens is 260 g/mol. The van der Waals surface area contributed by atoms with Gasteiger partial charge in [-0.25, -0.2) is 0 Å². The molecular formula is C15H13ClN2O. The van der Waals surface area contributed by atoms with E-state index in [1.165, 1.54) is 0 Å². The first kappa shape index (κ1) is 12.2. The zero-order valence-electron chi connectivity index (χ0n) is 10.3. The van der Waals surface area contributed by atoms with Crippen molar-refractivity contribution >= 4 is 34.1 Å². The zero-order valence-corrected chi connectivity index (χ0v) is 11.1. The molecule has 3 rings (SSSR count). The van der Waals surface area contributed by atoms with E-state index in [1.807, 2.05) is 24.3 Å². The molecule has 0 N–H and O–H groups in total. The van der Waals surface area contributed by atoms with Gasteiger partial charge >= 0.3 is 0 Å². The smallest absolute Gasteiger partial charge is 0.227 e. The number of aromatic nitrogens is 1. The lowest BCUT2D eigenvalue weighted by molar-refractivity contribution is -0.117. The molecule has 1 saturated heterocycles. The van der Waals surface area contributed by atoms with Gasteiger partial charge < -0.3 is 4.90 Å². The van der Waals surface area contributed by atoms with Gasteiger partial charge in [0.1, 0.15) is 0 Å². The highest BCUT2D eigenvalue weighted by atomic mass is 35.5. The molecule has 1 aromatic heterocycles. The molecule has 0 radical (unpaired) electrons. The Morgan fingerprint density at radius 1 is 1.42 bits per heavy atom. The van der Waals surface area contributed by atoms with Gasteiger partial charge in [0.05, 0.1) is 16.2 Å². The molecule has 1 aliphatic rings. The number of halogens is 1. The second kappa shape index (κ2) is 4.67. The number of carbonyl (C=O) groups is 1. The Morgan fingerprint density at radius 3 is 3.00 bits per heavy atom. The predicted molar refractivity (Wildman–Crippen MR) is 77.4 cm³/mol. The number of hydrogen-bond donors (Lipinski definition) is 0. The summed E-state index contributed by atoms with van der Waals surface area (Å²) in [6.07, 6.45) is 4.06. The third-order valence-electron chi connectivity index (χ3n) is 3.47. The molecule has 1 aromatic carbocycles. The van der Waals surface area contributed by atoms with Crippen LogP contribution in [0, 0.1) is 5.92 Å². The summed E-state index contributed by atoms with van der Waals surface area (Å²) in [7, 11) is 0. The molecule has 1 atom stereocenters. The second-order valence-corrected chi connectivity index (χ2v) is 5.08. The van der Waals surface area contributed by atoms with Crippen LogP contribution >= 0.6 is 11.6 Å². The number of anilines is 1. The highest BCUT2D eigenvalue weighted by Crippen LogP contribution is 2.37. The molecule has 0 bridgehead atoms. The van der Waals surface area contributed by atoms with Crippen LogP contribution in [0.25, 0.3) is 10.9 Å². The molecule has 2 aromatic rings. The van der Waals surface area contributed by atoms with Crippen molar-refractivity contribution in [2.24, 2.45) is 5.92 Å². The van der Waals surface area contributed by atoms with Gasteiger partial charge in [-0.05, 0) is 24.3 Å². The number of hydrogen-bond acceptors (Lipinski definition) is 2. The number of fused-ring (bicyclic) bond motifs is 1. The summed E-state index contributed by atoms with van der Waals surface area (Å²) in [6, 6.07) is 7.46.